The van der Waals surface area contributed by atoms with E-state index in [1.54, 1.807) is 13.0 Å². The molecule has 0 saturated carbocycles. The van der Waals surface area contributed by atoms with Gasteiger partial charge in [0.2, 0.25) is 0 Å². The maximum atomic E-state index is 10.5. The first-order valence-electron chi connectivity index (χ1n) is 6.19. The molecule has 0 spiro atoms. The van der Waals surface area contributed by atoms with Crippen molar-refractivity contribution in [3.05, 3.63) is 58.7 Å². The Balaban J connectivity index is 2.66. The van der Waals surface area contributed by atoms with Crippen molar-refractivity contribution in [1.82, 2.24) is 0 Å². The maximum absolute atomic E-state index is 10.5. The van der Waals surface area contributed by atoms with Gasteiger partial charge in [-0.25, -0.2) is 0 Å². The fourth-order valence-electron chi connectivity index (χ4n) is 2.62. The monoisotopic (exact) mass is 244 g/mol. The lowest BCUT2D eigenvalue weighted by molar-refractivity contribution is -0.167. The van der Waals surface area contributed by atoms with Gasteiger partial charge in [-0.2, -0.15) is 0 Å². The second-order valence-corrected chi connectivity index (χ2v) is 5.33. The Morgan fingerprint density at radius 2 is 1.72 bits per heavy atom. The second kappa shape index (κ2) is 4.08. The highest BCUT2D eigenvalue weighted by Gasteiger charge is 2.48. The molecule has 1 unspecified atom stereocenters. The van der Waals surface area contributed by atoms with Crippen LogP contribution in [0, 0.1) is 13.8 Å². The zero-order valence-electron chi connectivity index (χ0n) is 11.4. The minimum atomic E-state index is -1.85. The minimum absolute atomic E-state index is 0.563. The number of aliphatic hydroxyl groups is 2. The molecule has 0 saturated heterocycles. The van der Waals surface area contributed by atoms with Crippen LogP contribution in [-0.4, -0.2) is 16.0 Å². The Bertz CT molecular complexity index is 538. The fraction of sp³-hybridized carbons (Fsp3) is 0.375. The van der Waals surface area contributed by atoms with Crippen LogP contribution in [0.4, 0.5) is 0 Å². The lowest BCUT2D eigenvalue weighted by Crippen LogP contribution is -2.51. The second-order valence-electron chi connectivity index (χ2n) is 5.33. The molecule has 0 amide bonds. The van der Waals surface area contributed by atoms with E-state index in [2.05, 4.69) is 0 Å². The van der Waals surface area contributed by atoms with Gasteiger partial charge in [0, 0.05) is 0 Å². The Morgan fingerprint density at radius 3 is 2.39 bits per heavy atom. The molecule has 2 nitrogen and oxygen atoms in total. The average Bonchev–Trinajstić information content (AvgIpc) is 2.30. The standard InChI is InChI=1S/C16H20O2/c1-11-7-5-9-14(13(11)3)15(4)10-6-8-12(2)16(15,17)18/h5-10,17-18H,1-4H3. The van der Waals surface area contributed by atoms with Gasteiger partial charge in [0.05, 0.1) is 5.41 Å². The molecule has 0 heterocycles. The van der Waals surface area contributed by atoms with Gasteiger partial charge >= 0.3 is 0 Å². The number of benzene rings is 1. The van der Waals surface area contributed by atoms with Crippen molar-refractivity contribution < 1.29 is 10.2 Å². The third-order valence-electron chi connectivity index (χ3n) is 4.21. The Labute approximate surface area is 108 Å². The zero-order valence-corrected chi connectivity index (χ0v) is 11.4. The Kier molecular flexibility index (Phi) is 2.96. The van der Waals surface area contributed by atoms with E-state index in [0.717, 1.165) is 16.7 Å². The first kappa shape index (κ1) is 13.1. The van der Waals surface area contributed by atoms with Crippen LogP contribution in [0.1, 0.15) is 30.5 Å². The number of allylic oxidation sites excluding steroid dienone is 2. The third-order valence-corrected chi connectivity index (χ3v) is 4.21. The zero-order chi connectivity index (χ0) is 13.6. The Morgan fingerprint density at radius 1 is 1.06 bits per heavy atom. The topological polar surface area (TPSA) is 40.5 Å². The smallest absolute Gasteiger partial charge is 0.199 e. The van der Waals surface area contributed by atoms with Gasteiger partial charge in [0.25, 0.3) is 0 Å². The molecule has 2 N–H and O–H groups in total. The lowest BCUT2D eigenvalue weighted by Gasteiger charge is -2.43. The summed E-state index contributed by atoms with van der Waals surface area (Å²) < 4.78 is 0. The number of hydrogen-bond donors (Lipinski definition) is 2. The summed E-state index contributed by atoms with van der Waals surface area (Å²) in [6, 6.07) is 5.96. The summed E-state index contributed by atoms with van der Waals surface area (Å²) in [5.41, 5.74) is 2.96. The molecule has 18 heavy (non-hydrogen) atoms. The third kappa shape index (κ3) is 1.64. The van der Waals surface area contributed by atoms with E-state index in [1.807, 2.05) is 51.1 Å². The SMILES string of the molecule is CC1=CC=CC(C)(c2cccc(C)c2C)C1(O)O. The summed E-state index contributed by atoms with van der Waals surface area (Å²) in [5, 5.41) is 20.9. The van der Waals surface area contributed by atoms with Gasteiger partial charge in [-0.15, -0.1) is 0 Å². The van der Waals surface area contributed by atoms with E-state index in [1.165, 1.54) is 0 Å². The number of hydrogen-bond acceptors (Lipinski definition) is 2. The molecule has 0 radical (unpaired) electrons. The summed E-state index contributed by atoms with van der Waals surface area (Å²) in [6.07, 6.45) is 5.50. The summed E-state index contributed by atoms with van der Waals surface area (Å²) in [7, 11) is 0. The highest BCUT2D eigenvalue weighted by molar-refractivity contribution is 5.48. The number of aryl methyl sites for hydroxylation is 1. The molecule has 2 rings (SSSR count). The van der Waals surface area contributed by atoms with Gasteiger partial charge in [0.15, 0.2) is 5.79 Å². The molecule has 1 atom stereocenters. The summed E-state index contributed by atoms with van der Waals surface area (Å²) in [4.78, 5) is 0. The first-order chi connectivity index (χ1) is 8.30. The van der Waals surface area contributed by atoms with Crippen LogP contribution >= 0.6 is 0 Å². The van der Waals surface area contributed by atoms with E-state index < -0.39 is 11.2 Å². The Hall–Kier alpha value is -1.38. The van der Waals surface area contributed by atoms with Gasteiger partial charge in [-0.05, 0) is 50.0 Å². The van der Waals surface area contributed by atoms with Crippen molar-refractivity contribution >= 4 is 0 Å². The van der Waals surface area contributed by atoms with Crippen LogP contribution in [-0.2, 0) is 5.41 Å². The molecule has 0 fully saturated rings. The van der Waals surface area contributed by atoms with E-state index in [4.69, 9.17) is 0 Å². The van der Waals surface area contributed by atoms with Crippen molar-refractivity contribution in [2.24, 2.45) is 0 Å². The highest BCUT2D eigenvalue weighted by Crippen LogP contribution is 2.43. The van der Waals surface area contributed by atoms with E-state index in [-0.39, 0.29) is 0 Å². The van der Waals surface area contributed by atoms with Gasteiger partial charge < -0.3 is 10.2 Å². The average molecular weight is 244 g/mol. The molecule has 0 bridgehead atoms. The summed E-state index contributed by atoms with van der Waals surface area (Å²) >= 11 is 0. The molecule has 2 heteroatoms. The van der Waals surface area contributed by atoms with Crippen LogP contribution in [0.15, 0.2) is 42.0 Å². The quantitative estimate of drug-likeness (QED) is 0.746. The molecular weight excluding hydrogens is 224 g/mol. The highest BCUT2D eigenvalue weighted by atomic mass is 16.5. The largest absolute Gasteiger partial charge is 0.361 e. The van der Waals surface area contributed by atoms with Crippen LogP contribution in [0.2, 0.25) is 0 Å². The molecule has 1 aliphatic carbocycles. The van der Waals surface area contributed by atoms with Crippen molar-refractivity contribution in [2.75, 3.05) is 0 Å². The normalized spacial score (nSPS) is 26.0. The molecule has 96 valence electrons. The molecule has 0 aromatic heterocycles. The van der Waals surface area contributed by atoms with Crippen LogP contribution in [0.5, 0.6) is 0 Å². The molecular formula is C16H20O2. The molecule has 0 aliphatic heterocycles. The predicted octanol–water partition coefficient (Wildman–Crippen LogP) is 2.76. The van der Waals surface area contributed by atoms with Crippen molar-refractivity contribution in [2.45, 2.75) is 38.9 Å². The van der Waals surface area contributed by atoms with Gasteiger partial charge in [0.1, 0.15) is 0 Å². The van der Waals surface area contributed by atoms with E-state index in [9.17, 15) is 10.2 Å². The first-order valence-corrected chi connectivity index (χ1v) is 6.19. The van der Waals surface area contributed by atoms with Gasteiger partial charge in [-0.3, -0.25) is 0 Å². The van der Waals surface area contributed by atoms with Crippen molar-refractivity contribution in [3.63, 3.8) is 0 Å². The van der Waals surface area contributed by atoms with E-state index >= 15 is 0 Å². The van der Waals surface area contributed by atoms with Crippen LogP contribution in [0.3, 0.4) is 0 Å². The van der Waals surface area contributed by atoms with Crippen molar-refractivity contribution in [1.29, 1.82) is 0 Å². The van der Waals surface area contributed by atoms with Crippen molar-refractivity contribution in [3.8, 4) is 0 Å². The summed E-state index contributed by atoms with van der Waals surface area (Å²) in [5.74, 6) is -1.85. The van der Waals surface area contributed by atoms with Crippen LogP contribution < -0.4 is 0 Å². The number of rotatable bonds is 1. The lowest BCUT2D eigenvalue weighted by atomic mass is 9.68. The molecule has 1 aliphatic rings. The molecule has 1 aromatic carbocycles. The van der Waals surface area contributed by atoms with E-state index in [0.29, 0.717) is 5.57 Å². The predicted molar refractivity (Wildman–Crippen MR) is 73.3 cm³/mol. The fourth-order valence-corrected chi connectivity index (χ4v) is 2.62. The van der Waals surface area contributed by atoms with Gasteiger partial charge in [-0.1, -0.05) is 36.4 Å². The van der Waals surface area contributed by atoms with Crippen LogP contribution in [0.25, 0.3) is 0 Å². The minimum Gasteiger partial charge on any atom is -0.361 e. The molecule has 1 aromatic rings. The summed E-state index contributed by atoms with van der Waals surface area (Å²) in [6.45, 7) is 7.66. The maximum Gasteiger partial charge on any atom is 0.199 e.